The van der Waals surface area contributed by atoms with Crippen molar-refractivity contribution >= 4 is 41.7 Å². The first kappa shape index (κ1) is 45.1. The molecular weight excluding hydrogens is 812 g/mol. The first-order chi connectivity index (χ1) is 30.0. The predicted molar refractivity (Wildman–Crippen MR) is 251 cm³/mol. The van der Waals surface area contributed by atoms with Gasteiger partial charge in [-0.1, -0.05) is 59.6 Å². The fraction of sp³-hybridized carbons (Fsp3) is 0.600. The van der Waals surface area contributed by atoms with Crippen LogP contribution < -0.4 is 14.4 Å². The number of fused-ring (bicyclic) bond motifs is 4. The molecule has 0 spiro atoms. The van der Waals surface area contributed by atoms with Gasteiger partial charge in [0, 0.05) is 54.9 Å². The van der Waals surface area contributed by atoms with E-state index < -0.39 is 19.5 Å². The zero-order chi connectivity index (χ0) is 44.8. The molecule has 4 fully saturated rings. The lowest BCUT2D eigenvalue weighted by molar-refractivity contribution is 0.0122. The van der Waals surface area contributed by atoms with Crippen molar-refractivity contribution in [2.75, 3.05) is 58.1 Å². The first-order valence-corrected chi connectivity index (χ1v) is 25.5. The Kier molecular flexibility index (Phi) is 12.7. The second kappa shape index (κ2) is 17.8. The van der Waals surface area contributed by atoms with E-state index in [9.17, 15) is 4.79 Å². The quantitative estimate of drug-likeness (QED) is 0.0733. The van der Waals surface area contributed by atoms with Gasteiger partial charge in [0.25, 0.3) is 0 Å². The molecule has 3 saturated heterocycles. The highest BCUT2D eigenvalue weighted by molar-refractivity contribution is 6.90. The van der Waals surface area contributed by atoms with Crippen molar-refractivity contribution in [2.45, 2.75) is 135 Å². The number of pyridine rings is 1. The van der Waals surface area contributed by atoms with Crippen LogP contribution in [0.25, 0.3) is 32.9 Å². The van der Waals surface area contributed by atoms with Crippen LogP contribution in [-0.4, -0.2) is 110 Å². The number of anilines is 1. The molecule has 2 aromatic carbocycles. The Morgan fingerprint density at radius 1 is 0.968 bits per heavy atom. The topological polar surface area (TPSA) is 102 Å². The van der Waals surface area contributed by atoms with Crippen molar-refractivity contribution in [3.05, 3.63) is 47.9 Å². The zero-order valence-electron chi connectivity index (χ0n) is 39.1. The van der Waals surface area contributed by atoms with Crippen LogP contribution in [0.4, 0.5) is 15.0 Å². The van der Waals surface area contributed by atoms with Crippen LogP contribution in [-0.2, 0) is 9.47 Å². The van der Waals surface area contributed by atoms with Gasteiger partial charge in [-0.2, -0.15) is 9.97 Å². The van der Waals surface area contributed by atoms with E-state index in [1.807, 2.05) is 56.0 Å². The van der Waals surface area contributed by atoms with E-state index in [0.717, 1.165) is 61.7 Å². The highest BCUT2D eigenvalue weighted by Gasteiger charge is 2.47. The third-order valence-electron chi connectivity index (χ3n) is 14.1. The van der Waals surface area contributed by atoms with E-state index in [-0.39, 0.29) is 47.6 Å². The Labute approximate surface area is 374 Å². The Morgan fingerprint density at radius 3 is 2.27 bits per heavy atom. The summed E-state index contributed by atoms with van der Waals surface area (Å²) in [5, 5.41) is 2.15. The van der Waals surface area contributed by atoms with Crippen molar-refractivity contribution in [1.29, 1.82) is 0 Å². The molecule has 63 heavy (non-hydrogen) atoms. The Morgan fingerprint density at radius 2 is 1.65 bits per heavy atom. The number of methoxy groups -OCH3 is 1. The van der Waals surface area contributed by atoms with Crippen LogP contribution in [0.5, 0.6) is 11.8 Å². The Bertz CT molecular complexity index is 2360. The van der Waals surface area contributed by atoms with E-state index in [2.05, 4.69) is 62.8 Å². The van der Waals surface area contributed by atoms with Crippen molar-refractivity contribution < 1.29 is 28.1 Å². The minimum Gasteiger partial charge on any atom is -0.468 e. The predicted octanol–water partition coefficient (Wildman–Crippen LogP) is 10.4. The van der Waals surface area contributed by atoms with Crippen molar-refractivity contribution in [2.24, 2.45) is 5.41 Å². The van der Waals surface area contributed by atoms with Gasteiger partial charge in [0.1, 0.15) is 36.5 Å². The number of nitrogens with zero attached hydrogens (tertiary/aromatic N) is 6. The van der Waals surface area contributed by atoms with Crippen LogP contribution in [0.1, 0.15) is 106 Å². The molecule has 2 bridgehead atoms. The van der Waals surface area contributed by atoms with Crippen LogP contribution in [0.3, 0.4) is 0 Å². The van der Waals surface area contributed by atoms with Gasteiger partial charge in [0.05, 0.1) is 24.1 Å². The van der Waals surface area contributed by atoms with Crippen LogP contribution in [0.2, 0.25) is 16.6 Å². The number of halogens is 1. The summed E-state index contributed by atoms with van der Waals surface area (Å²) in [6.45, 7) is 24.3. The molecule has 0 N–H and O–H groups in total. The highest BCUT2D eigenvalue weighted by Crippen LogP contribution is 2.48. The standard InChI is InChI=1S/C50H67FN6O5Si/c1-32(2)63(33(3)4,34(5)6)23-18-35-14-13-15-36-24-39(61-31-59-10)25-40(42(35)36)44-43(51)45-41(26-52-44)46(54-47(53-45)60-30-50(19-20-50)29-55-21-11-12-22-55)56-27-37-16-17-38(28-56)57(37)48(58)62-49(7,8)9/h13-15,24-26,32-34,37-38H,11-12,16-17,19-22,27-31H2,1-10H3/t37-,38+. The summed E-state index contributed by atoms with van der Waals surface area (Å²) in [7, 11) is -0.538. The fourth-order valence-corrected chi connectivity index (χ4v) is 16.1. The molecule has 5 heterocycles. The van der Waals surface area contributed by atoms with Crippen molar-refractivity contribution in [3.8, 4) is 34.5 Å². The maximum absolute atomic E-state index is 17.9. The number of ether oxygens (including phenoxy) is 4. The fourth-order valence-electron chi connectivity index (χ4n) is 10.9. The monoisotopic (exact) mass is 878 g/mol. The van der Waals surface area contributed by atoms with Gasteiger partial charge in [-0.05, 0) is 113 Å². The van der Waals surface area contributed by atoms with E-state index in [4.69, 9.17) is 33.9 Å². The minimum atomic E-state index is -2.11. The number of aromatic nitrogens is 3. The third kappa shape index (κ3) is 9.10. The van der Waals surface area contributed by atoms with Gasteiger partial charge in [-0.15, -0.1) is 5.54 Å². The third-order valence-corrected chi connectivity index (χ3v) is 20.4. The molecule has 11 nitrogen and oxygen atoms in total. The maximum Gasteiger partial charge on any atom is 0.410 e. The van der Waals surface area contributed by atoms with Gasteiger partial charge >= 0.3 is 12.1 Å². The average molecular weight is 879 g/mol. The maximum atomic E-state index is 17.9. The number of amides is 1. The lowest BCUT2D eigenvalue weighted by Crippen LogP contribution is -2.57. The summed E-state index contributed by atoms with van der Waals surface area (Å²) in [6, 6.07) is 9.81. The number of carbonyl (C=O) groups excluding carboxylic acids is 1. The average Bonchev–Trinajstić information content (AvgIpc) is 3.68. The molecule has 0 unspecified atom stereocenters. The zero-order valence-corrected chi connectivity index (χ0v) is 40.1. The van der Waals surface area contributed by atoms with Gasteiger partial charge in [0.2, 0.25) is 0 Å². The number of carbonyl (C=O) groups is 1. The molecule has 4 aromatic rings. The number of hydrogen-bond donors (Lipinski definition) is 0. The molecule has 4 aliphatic rings. The molecule has 1 aliphatic carbocycles. The summed E-state index contributed by atoms with van der Waals surface area (Å²) >= 11 is 0. The van der Waals surface area contributed by atoms with Gasteiger partial charge in [-0.3, -0.25) is 9.88 Å². The second-order valence-corrected chi connectivity index (χ2v) is 26.1. The summed E-state index contributed by atoms with van der Waals surface area (Å²) in [4.78, 5) is 34.9. The molecule has 3 aliphatic heterocycles. The van der Waals surface area contributed by atoms with Crippen LogP contribution in [0, 0.1) is 22.7 Å². The molecule has 0 radical (unpaired) electrons. The minimum absolute atomic E-state index is 0.0308. The van der Waals surface area contributed by atoms with E-state index in [0.29, 0.717) is 58.8 Å². The molecule has 1 saturated carbocycles. The summed E-state index contributed by atoms with van der Waals surface area (Å²) in [6.07, 6.45) is 7.71. The number of benzene rings is 2. The lowest BCUT2D eigenvalue weighted by Gasteiger charge is -2.42. The molecule has 8 rings (SSSR count). The number of piperazine rings is 1. The Hall–Kier alpha value is -4.51. The summed E-state index contributed by atoms with van der Waals surface area (Å²) in [5.41, 5.74) is 6.34. The van der Waals surface area contributed by atoms with Crippen LogP contribution >= 0.6 is 0 Å². The highest BCUT2D eigenvalue weighted by atomic mass is 28.3. The Balaban J connectivity index is 1.25. The first-order valence-electron chi connectivity index (χ1n) is 23.2. The van der Waals surface area contributed by atoms with Crippen molar-refractivity contribution in [1.82, 2.24) is 24.8 Å². The van der Waals surface area contributed by atoms with Gasteiger partial charge < -0.3 is 28.7 Å². The number of likely N-dealkylation sites (tertiary alicyclic amines) is 1. The van der Waals surface area contributed by atoms with E-state index >= 15 is 4.39 Å². The molecule has 2 aromatic heterocycles. The lowest BCUT2D eigenvalue weighted by atomic mass is 9.96. The summed E-state index contributed by atoms with van der Waals surface area (Å²) in [5.74, 6) is 4.18. The van der Waals surface area contributed by atoms with Gasteiger partial charge in [-0.25, -0.2) is 9.18 Å². The molecular formula is C50H67FN6O5Si. The normalized spacial score (nSPS) is 20.0. The van der Waals surface area contributed by atoms with E-state index in [1.165, 1.54) is 12.8 Å². The molecule has 1 amide bonds. The van der Waals surface area contributed by atoms with E-state index in [1.54, 1.807) is 13.3 Å². The molecule has 338 valence electrons. The van der Waals surface area contributed by atoms with Crippen molar-refractivity contribution in [3.63, 3.8) is 0 Å². The molecule has 13 heteroatoms. The smallest absolute Gasteiger partial charge is 0.410 e. The van der Waals surface area contributed by atoms with Gasteiger partial charge in [0.15, 0.2) is 12.6 Å². The largest absolute Gasteiger partial charge is 0.468 e. The second-order valence-electron chi connectivity index (χ2n) is 20.5. The summed E-state index contributed by atoms with van der Waals surface area (Å²) < 4.78 is 41.6. The molecule has 2 atom stereocenters. The number of hydrogen-bond acceptors (Lipinski definition) is 10. The number of rotatable bonds is 13. The van der Waals surface area contributed by atoms with Crippen LogP contribution in [0.15, 0.2) is 36.5 Å². The SMILES string of the molecule is COCOc1cc(-c2ncc3c(N4C[C@H]5CC[C@@H](C4)N5C(=O)OC(C)(C)C)nc(OCC4(CN5CCCC5)CC4)nc3c2F)c2c(C#C[Si](C(C)C)(C(C)C)C(C)C)cccc2c1.